The van der Waals surface area contributed by atoms with E-state index in [0.717, 1.165) is 0 Å². The lowest BCUT2D eigenvalue weighted by Crippen LogP contribution is -2.32. The van der Waals surface area contributed by atoms with Gasteiger partial charge in [-0.25, -0.2) is 9.59 Å². The number of carbonyl (C=O) groups excluding carboxylic acids is 2. The van der Waals surface area contributed by atoms with Crippen molar-refractivity contribution in [3.8, 4) is 0 Å². The molecule has 1 aliphatic heterocycles. The summed E-state index contributed by atoms with van der Waals surface area (Å²) in [6.45, 7) is 3.42. The molecule has 2 rings (SSSR count). The van der Waals surface area contributed by atoms with Crippen LogP contribution in [0.1, 0.15) is 25.3 Å². The van der Waals surface area contributed by atoms with Gasteiger partial charge < -0.3 is 14.8 Å². The molecule has 1 aromatic rings. The molecule has 0 saturated heterocycles. The molecule has 0 fully saturated rings. The predicted molar refractivity (Wildman–Crippen MR) is 89.6 cm³/mol. The van der Waals surface area contributed by atoms with Gasteiger partial charge in [-0.05, 0) is 13.8 Å². The number of carbonyl (C=O) groups is 2. The van der Waals surface area contributed by atoms with Crippen LogP contribution in [0.3, 0.4) is 0 Å². The molecule has 0 aromatic carbocycles. The Labute approximate surface area is 149 Å². The number of ether oxygens (including phenoxy) is 2. The summed E-state index contributed by atoms with van der Waals surface area (Å²) in [7, 11) is 2.52. The van der Waals surface area contributed by atoms with Crippen molar-refractivity contribution in [1.29, 1.82) is 0 Å². The highest BCUT2D eigenvalue weighted by Gasteiger charge is 2.39. The molecule has 2 heterocycles. The number of pyridine rings is 1. The SMILES string of the molecule is COC(=O)C1=C(C)NC(C)=C(C(=O)OC)C1c1c(Cl)cncc1Cl. The molecule has 0 unspecified atom stereocenters. The fourth-order valence-corrected chi connectivity index (χ4v) is 3.32. The number of dihydropyridines is 1. The van der Waals surface area contributed by atoms with Crippen LogP contribution in [-0.2, 0) is 19.1 Å². The Morgan fingerprint density at radius 2 is 1.42 bits per heavy atom. The molecule has 0 amide bonds. The standard InChI is InChI=1S/C16H16Cl2N2O4/c1-7-11(15(21)23-3)14(12(8(2)20-7)16(22)24-4)13-9(17)5-19-6-10(13)18/h5-6,14,20H,1-4H3. The number of nitrogens with one attached hydrogen (secondary N) is 1. The lowest BCUT2D eigenvalue weighted by Gasteiger charge is -2.30. The summed E-state index contributed by atoms with van der Waals surface area (Å²) in [5.74, 6) is -2.01. The molecule has 0 saturated carbocycles. The van der Waals surface area contributed by atoms with Crippen LogP contribution in [0.5, 0.6) is 0 Å². The first kappa shape index (κ1) is 18.3. The maximum absolute atomic E-state index is 12.4. The van der Waals surface area contributed by atoms with Crippen molar-refractivity contribution in [3.63, 3.8) is 0 Å². The predicted octanol–water partition coefficient (Wildman–Crippen LogP) is 2.97. The van der Waals surface area contributed by atoms with Gasteiger partial charge in [-0.15, -0.1) is 0 Å². The minimum Gasteiger partial charge on any atom is -0.466 e. The molecule has 8 heteroatoms. The van der Waals surface area contributed by atoms with Crippen molar-refractivity contribution >= 4 is 35.1 Å². The van der Waals surface area contributed by atoms with Crippen molar-refractivity contribution in [2.75, 3.05) is 14.2 Å². The van der Waals surface area contributed by atoms with E-state index in [0.29, 0.717) is 17.0 Å². The minimum absolute atomic E-state index is 0.234. The van der Waals surface area contributed by atoms with Crippen LogP contribution in [0.2, 0.25) is 10.0 Å². The number of esters is 2. The maximum atomic E-state index is 12.4. The summed E-state index contributed by atoms with van der Waals surface area (Å²) in [5, 5.41) is 3.47. The van der Waals surface area contributed by atoms with E-state index in [1.807, 2.05) is 0 Å². The Kier molecular flexibility index (Phi) is 5.51. The van der Waals surface area contributed by atoms with Gasteiger partial charge in [-0.2, -0.15) is 0 Å². The number of aromatic nitrogens is 1. The number of methoxy groups -OCH3 is 2. The first-order valence-corrected chi connectivity index (χ1v) is 7.73. The second-order valence-corrected chi connectivity index (χ2v) is 5.95. The Hall–Kier alpha value is -2.05. The molecule has 0 bridgehead atoms. The van der Waals surface area contributed by atoms with Crippen LogP contribution in [0.15, 0.2) is 34.9 Å². The normalized spacial score (nSPS) is 15.2. The zero-order chi connectivity index (χ0) is 18.0. The van der Waals surface area contributed by atoms with E-state index in [-0.39, 0.29) is 21.2 Å². The smallest absolute Gasteiger partial charge is 0.336 e. The van der Waals surface area contributed by atoms with E-state index in [2.05, 4.69) is 10.3 Å². The van der Waals surface area contributed by atoms with Crippen LogP contribution in [0.4, 0.5) is 0 Å². The van der Waals surface area contributed by atoms with Crippen LogP contribution < -0.4 is 5.32 Å². The third kappa shape index (κ3) is 3.12. The van der Waals surface area contributed by atoms with Crippen LogP contribution in [0, 0.1) is 0 Å². The number of halogens is 2. The number of rotatable bonds is 3. The van der Waals surface area contributed by atoms with Gasteiger partial charge >= 0.3 is 11.9 Å². The van der Waals surface area contributed by atoms with Crippen LogP contribution >= 0.6 is 23.2 Å². The van der Waals surface area contributed by atoms with Crippen LogP contribution in [0.25, 0.3) is 0 Å². The monoisotopic (exact) mass is 370 g/mol. The highest BCUT2D eigenvalue weighted by molar-refractivity contribution is 6.36. The summed E-state index contributed by atoms with van der Waals surface area (Å²) >= 11 is 12.5. The lowest BCUT2D eigenvalue weighted by molar-refractivity contribution is -0.137. The van der Waals surface area contributed by atoms with Gasteiger partial charge in [-0.1, -0.05) is 23.2 Å². The molecule has 0 aliphatic carbocycles. The molecule has 24 heavy (non-hydrogen) atoms. The Balaban J connectivity index is 2.80. The molecule has 6 nitrogen and oxygen atoms in total. The van der Waals surface area contributed by atoms with Gasteiger partial charge in [0.05, 0.1) is 41.3 Å². The molecule has 0 spiro atoms. The topological polar surface area (TPSA) is 77.5 Å². The van der Waals surface area contributed by atoms with E-state index in [1.54, 1.807) is 13.8 Å². The second kappa shape index (κ2) is 7.23. The molecule has 1 N–H and O–H groups in total. The van der Waals surface area contributed by atoms with E-state index >= 15 is 0 Å². The third-order valence-corrected chi connectivity index (χ3v) is 4.35. The largest absolute Gasteiger partial charge is 0.466 e. The Morgan fingerprint density at radius 3 is 1.79 bits per heavy atom. The van der Waals surface area contributed by atoms with Gasteiger partial charge in [0, 0.05) is 29.4 Å². The first-order chi connectivity index (χ1) is 11.3. The highest BCUT2D eigenvalue weighted by atomic mass is 35.5. The number of allylic oxidation sites excluding steroid dienone is 2. The fourth-order valence-electron chi connectivity index (χ4n) is 2.74. The van der Waals surface area contributed by atoms with Gasteiger partial charge in [0.2, 0.25) is 0 Å². The molecular weight excluding hydrogens is 355 g/mol. The van der Waals surface area contributed by atoms with Gasteiger partial charge in [0.25, 0.3) is 0 Å². The number of nitrogens with zero attached hydrogens (tertiary/aromatic N) is 1. The van der Waals surface area contributed by atoms with Crippen molar-refractivity contribution < 1.29 is 19.1 Å². The van der Waals surface area contributed by atoms with E-state index in [4.69, 9.17) is 32.7 Å². The molecule has 1 aliphatic rings. The van der Waals surface area contributed by atoms with E-state index in [9.17, 15) is 9.59 Å². The number of hydrogen-bond donors (Lipinski definition) is 1. The maximum Gasteiger partial charge on any atom is 0.336 e. The molecule has 0 atom stereocenters. The summed E-state index contributed by atoms with van der Waals surface area (Å²) in [6.07, 6.45) is 2.80. The van der Waals surface area contributed by atoms with Crippen molar-refractivity contribution in [3.05, 3.63) is 50.5 Å². The summed E-state index contributed by atoms with van der Waals surface area (Å²) < 4.78 is 9.75. The minimum atomic E-state index is -0.825. The van der Waals surface area contributed by atoms with Gasteiger partial charge in [0.15, 0.2) is 0 Å². The average molecular weight is 371 g/mol. The summed E-state index contributed by atoms with van der Waals surface area (Å²) in [4.78, 5) is 28.6. The molecule has 1 aromatic heterocycles. The molecule has 0 radical (unpaired) electrons. The van der Waals surface area contributed by atoms with Crippen molar-refractivity contribution in [2.45, 2.75) is 19.8 Å². The number of hydrogen-bond acceptors (Lipinski definition) is 6. The fraction of sp³-hybridized carbons (Fsp3) is 0.312. The van der Waals surface area contributed by atoms with Gasteiger partial charge in [-0.3, -0.25) is 4.98 Å². The quantitative estimate of drug-likeness (QED) is 0.824. The van der Waals surface area contributed by atoms with Crippen molar-refractivity contribution in [1.82, 2.24) is 10.3 Å². The van der Waals surface area contributed by atoms with Crippen LogP contribution in [-0.4, -0.2) is 31.1 Å². The first-order valence-electron chi connectivity index (χ1n) is 6.97. The Morgan fingerprint density at radius 1 is 1.00 bits per heavy atom. The zero-order valence-corrected chi connectivity index (χ0v) is 15.1. The zero-order valence-electron chi connectivity index (χ0n) is 13.6. The summed E-state index contributed by atoms with van der Waals surface area (Å²) in [6, 6.07) is 0. The lowest BCUT2D eigenvalue weighted by atomic mass is 9.80. The average Bonchev–Trinajstić information content (AvgIpc) is 2.53. The van der Waals surface area contributed by atoms with Crippen molar-refractivity contribution in [2.24, 2.45) is 0 Å². The molecule has 128 valence electrons. The third-order valence-electron chi connectivity index (χ3n) is 3.75. The highest BCUT2D eigenvalue weighted by Crippen LogP contribution is 2.44. The van der Waals surface area contributed by atoms with Gasteiger partial charge in [0.1, 0.15) is 0 Å². The Bertz CT molecular complexity index is 713. The summed E-state index contributed by atoms with van der Waals surface area (Å²) in [5.41, 5.74) is 1.95. The van der Waals surface area contributed by atoms with E-state index < -0.39 is 17.9 Å². The second-order valence-electron chi connectivity index (χ2n) is 5.14. The molecular formula is C16H16Cl2N2O4. The van der Waals surface area contributed by atoms with E-state index in [1.165, 1.54) is 26.6 Å².